The number of halogens is 1. The van der Waals surface area contributed by atoms with Crippen LogP contribution in [0.15, 0.2) is 12.3 Å². The Morgan fingerprint density at radius 1 is 1.52 bits per heavy atom. The first kappa shape index (κ1) is 17.6. The molecule has 1 aromatic rings. The SMILES string of the molecule is CC(CNC(=O)OC(C)(C)C)c1ncc(C#CC2CC2)cc1Cl. The Kier molecular flexibility index (Phi) is 5.54. The Morgan fingerprint density at radius 2 is 2.22 bits per heavy atom. The number of aromatic nitrogens is 1. The lowest BCUT2D eigenvalue weighted by Gasteiger charge is -2.21. The zero-order valence-corrected chi connectivity index (χ0v) is 14.8. The molecule has 1 amide bonds. The Balaban J connectivity index is 1.92. The summed E-state index contributed by atoms with van der Waals surface area (Å²) in [5.41, 5.74) is 1.07. The molecule has 23 heavy (non-hydrogen) atoms. The molecule has 1 saturated carbocycles. The van der Waals surface area contributed by atoms with Crippen LogP contribution in [0.4, 0.5) is 4.79 Å². The standard InChI is InChI=1S/C18H23ClN2O2/c1-12(10-21-17(22)23-18(2,3)4)16-15(19)9-14(11-20-16)8-7-13-5-6-13/h9,11-13H,5-6,10H2,1-4H3,(H,21,22). The van der Waals surface area contributed by atoms with E-state index in [1.54, 1.807) is 6.20 Å². The van der Waals surface area contributed by atoms with E-state index in [0.29, 0.717) is 17.5 Å². The van der Waals surface area contributed by atoms with Gasteiger partial charge in [0.1, 0.15) is 5.60 Å². The molecule has 1 aliphatic carbocycles. The topological polar surface area (TPSA) is 51.2 Å². The summed E-state index contributed by atoms with van der Waals surface area (Å²) in [5, 5.41) is 3.31. The zero-order chi connectivity index (χ0) is 17.0. The number of rotatable bonds is 3. The van der Waals surface area contributed by atoms with E-state index in [9.17, 15) is 4.79 Å². The van der Waals surface area contributed by atoms with E-state index in [1.807, 2.05) is 33.8 Å². The third-order valence-electron chi connectivity index (χ3n) is 3.29. The molecule has 0 aromatic carbocycles. The minimum Gasteiger partial charge on any atom is -0.444 e. The molecule has 0 bridgehead atoms. The van der Waals surface area contributed by atoms with E-state index >= 15 is 0 Å². The van der Waals surface area contributed by atoms with Gasteiger partial charge in [-0.05, 0) is 39.7 Å². The monoisotopic (exact) mass is 334 g/mol. The van der Waals surface area contributed by atoms with Crippen molar-refractivity contribution in [3.05, 3.63) is 28.5 Å². The predicted molar refractivity (Wildman–Crippen MR) is 91.5 cm³/mol. The Hall–Kier alpha value is -1.73. The molecular formula is C18H23ClN2O2. The highest BCUT2D eigenvalue weighted by Crippen LogP contribution is 2.28. The molecule has 1 atom stereocenters. The van der Waals surface area contributed by atoms with Crippen molar-refractivity contribution in [1.29, 1.82) is 0 Å². The van der Waals surface area contributed by atoms with Crippen molar-refractivity contribution in [3.63, 3.8) is 0 Å². The number of hydrogen-bond acceptors (Lipinski definition) is 3. The van der Waals surface area contributed by atoms with Gasteiger partial charge in [0.2, 0.25) is 0 Å². The number of nitrogens with zero attached hydrogens (tertiary/aromatic N) is 1. The number of alkyl carbamates (subject to hydrolysis) is 1. The normalized spacial score (nSPS) is 15.3. The zero-order valence-electron chi connectivity index (χ0n) is 14.1. The Labute approximate surface area is 143 Å². The molecule has 1 unspecified atom stereocenters. The van der Waals surface area contributed by atoms with Gasteiger partial charge in [-0.15, -0.1) is 0 Å². The third kappa shape index (κ3) is 6.11. The molecule has 1 heterocycles. The lowest BCUT2D eigenvalue weighted by Crippen LogP contribution is -2.34. The van der Waals surface area contributed by atoms with Gasteiger partial charge in [-0.2, -0.15) is 0 Å². The quantitative estimate of drug-likeness (QED) is 0.846. The van der Waals surface area contributed by atoms with Crippen molar-refractivity contribution in [3.8, 4) is 11.8 Å². The number of ether oxygens (including phenoxy) is 1. The number of pyridine rings is 1. The highest BCUT2D eigenvalue weighted by atomic mass is 35.5. The average Bonchev–Trinajstić information content (AvgIpc) is 3.25. The molecule has 1 N–H and O–H groups in total. The van der Waals surface area contributed by atoms with E-state index in [-0.39, 0.29) is 5.92 Å². The van der Waals surface area contributed by atoms with Gasteiger partial charge in [0.15, 0.2) is 0 Å². The summed E-state index contributed by atoms with van der Waals surface area (Å²) in [6, 6.07) is 1.84. The molecule has 0 radical (unpaired) electrons. The van der Waals surface area contributed by atoms with Crippen LogP contribution in [0.25, 0.3) is 0 Å². The number of amides is 1. The highest BCUT2D eigenvalue weighted by Gasteiger charge is 2.19. The van der Waals surface area contributed by atoms with E-state index < -0.39 is 11.7 Å². The van der Waals surface area contributed by atoms with Crippen LogP contribution in [0.3, 0.4) is 0 Å². The van der Waals surface area contributed by atoms with Crippen molar-refractivity contribution in [2.75, 3.05) is 6.54 Å². The molecule has 124 valence electrons. The molecule has 1 aliphatic rings. The molecule has 1 fully saturated rings. The number of nitrogens with one attached hydrogen (secondary N) is 1. The van der Waals surface area contributed by atoms with Gasteiger partial charge in [-0.3, -0.25) is 4.98 Å². The maximum absolute atomic E-state index is 11.7. The first-order valence-corrected chi connectivity index (χ1v) is 8.26. The Bertz CT molecular complexity index is 637. The van der Waals surface area contributed by atoms with Crippen LogP contribution in [-0.2, 0) is 4.74 Å². The van der Waals surface area contributed by atoms with Crippen molar-refractivity contribution in [2.45, 2.75) is 52.1 Å². The lowest BCUT2D eigenvalue weighted by atomic mass is 10.1. The maximum atomic E-state index is 11.7. The van der Waals surface area contributed by atoms with E-state index in [0.717, 1.165) is 11.3 Å². The van der Waals surface area contributed by atoms with E-state index in [4.69, 9.17) is 16.3 Å². The van der Waals surface area contributed by atoms with Crippen LogP contribution in [0.1, 0.15) is 57.7 Å². The second kappa shape index (κ2) is 7.23. The third-order valence-corrected chi connectivity index (χ3v) is 3.59. The summed E-state index contributed by atoms with van der Waals surface area (Å²) in [6.45, 7) is 7.86. The van der Waals surface area contributed by atoms with Crippen molar-refractivity contribution in [2.24, 2.45) is 5.92 Å². The molecule has 4 nitrogen and oxygen atoms in total. The predicted octanol–water partition coefficient (Wildman–Crippen LogP) is 4.12. The molecule has 1 aromatic heterocycles. The van der Waals surface area contributed by atoms with Gasteiger partial charge in [0.25, 0.3) is 0 Å². The summed E-state index contributed by atoms with van der Waals surface area (Å²) < 4.78 is 5.21. The first-order chi connectivity index (χ1) is 10.7. The van der Waals surface area contributed by atoms with E-state index in [2.05, 4.69) is 22.1 Å². The smallest absolute Gasteiger partial charge is 0.407 e. The summed E-state index contributed by atoms with van der Waals surface area (Å²) in [6.07, 6.45) is 3.69. The van der Waals surface area contributed by atoms with Gasteiger partial charge >= 0.3 is 6.09 Å². The molecular weight excluding hydrogens is 312 g/mol. The van der Waals surface area contributed by atoms with E-state index in [1.165, 1.54) is 12.8 Å². The lowest BCUT2D eigenvalue weighted by molar-refractivity contribution is 0.0525. The summed E-state index contributed by atoms with van der Waals surface area (Å²) >= 11 is 6.30. The average molecular weight is 335 g/mol. The maximum Gasteiger partial charge on any atom is 0.407 e. The van der Waals surface area contributed by atoms with Gasteiger partial charge < -0.3 is 10.1 Å². The molecule has 5 heteroatoms. The first-order valence-electron chi connectivity index (χ1n) is 7.88. The fraction of sp³-hybridized carbons (Fsp3) is 0.556. The van der Waals surface area contributed by atoms with Gasteiger partial charge in [0.05, 0.1) is 10.7 Å². The molecule has 0 aliphatic heterocycles. The van der Waals surface area contributed by atoms with Crippen LogP contribution < -0.4 is 5.32 Å². The summed E-state index contributed by atoms with van der Waals surface area (Å²) in [4.78, 5) is 16.1. The fourth-order valence-corrected chi connectivity index (χ4v) is 2.29. The van der Waals surface area contributed by atoms with Gasteiger partial charge in [-0.1, -0.05) is 30.4 Å². The largest absolute Gasteiger partial charge is 0.444 e. The summed E-state index contributed by atoms with van der Waals surface area (Å²) in [5.74, 6) is 6.82. The van der Waals surface area contributed by atoms with Crippen LogP contribution in [0.5, 0.6) is 0 Å². The van der Waals surface area contributed by atoms with Crippen LogP contribution >= 0.6 is 11.6 Å². The Morgan fingerprint density at radius 3 is 2.78 bits per heavy atom. The van der Waals surface area contributed by atoms with Crippen molar-refractivity contribution in [1.82, 2.24) is 10.3 Å². The van der Waals surface area contributed by atoms with Gasteiger partial charge in [0, 0.05) is 30.1 Å². The van der Waals surface area contributed by atoms with Crippen molar-refractivity contribution >= 4 is 17.7 Å². The number of hydrogen-bond donors (Lipinski definition) is 1. The van der Waals surface area contributed by atoms with Gasteiger partial charge in [-0.25, -0.2) is 4.79 Å². The second-order valence-corrected chi connectivity index (χ2v) is 7.33. The number of carbonyl (C=O) groups excluding carboxylic acids is 1. The molecule has 0 saturated heterocycles. The fourth-order valence-electron chi connectivity index (χ4n) is 1.94. The van der Waals surface area contributed by atoms with Crippen LogP contribution in [0, 0.1) is 17.8 Å². The van der Waals surface area contributed by atoms with Crippen LogP contribution in [0.2, 0.25) is 5.02 Å². The second-order valence-electron chi connectivity index (χ2n) is 6.92. The molecule has 2 rings (SSSR count). The minimum absolute atomic E-state index is 0.0135. The number of carbonyl (C=O) groups is 1. The highest BCUT2D eigenvalue weighted by molar-refractivity contribution is 6.31. The van der Waals surface area contributed by atoms with Crippen LogP contribution in [-0.4, -0.2) is 23.2 Å². The minimum atomic E-state index is -0.509. The van der Waals surface area contributed by atoms with Crippen molar-refractivity contribution < 1.29 is 9.53 Å². The molecule has 0 spiro atoms. The summed E-state index contributed by atoms with van der Waals surface area (Å²) in [7, 11) is 0.